The van der Waals surface area contributed by atoms with Gasteiger partial charge >= 0.3 is 0 Å². The van der Waals surface area contributed by atoms with Gasteiger partial charge < -0.3 is 28.4 Å². The topological polar surface area (TPSA) is 47.2 Å². The lowest BCUT2D eigenvalue weighted by atomic mass is 10.5. The molecule has 0 N–H and O–H groups in total. The molecule has 0 fully saturated rings. The van der Waals surface area contributed by atoms with Gasteiger partial charge in [-0.15, -0.1) is 14.5 Å². The molecule has 6 heteroatoms. The van der Waals surface area contributed by atoms with Crippen molar-refractivity contribution in [1.29, 1.82) is 0 Å². The van der Waals surface area contributed by atoms with Crippen molar-refractivity contribution in [1.82, 2.24) is 9.78 Å². The van der Waals surface area contributed by atoms with Crippen molar-refractivity contribution in [3.8, 4) is 0 Å². The average molecular weight is 304 g/mol. The first-order valence-electron chi connectivity index (χ1n) is 3.82. The molecule has 0 saturated heterocycles. The van der Waals surface area contributed by atoms with E-state index in [0.717, 1.165) is 5.76 Å². The number of nitrogens with zero attached hydrogens (tertiary/aromatic N) is 4. The van der Waals surface area contributed by atoms with Crippen molar-refractivity contribution in [2.75, 3.05) is 0 Å². The molecule has 5 nitrogen and oxygen atoms in total. The van der Waals surface area contributed by atoms with Gasteiger partial charge in [-0.25, -0.2) is 0 Å². The molecule has 0 unspecified atom stereocenters. The highest BCUT2D eigenvalue weighted by Gasteiger charge is 1.97. The summed E-state index contributed by atoms with van der Waals surface area (Å²) in [4.78, 5) is 0. The van der Waals surface area contributed by atoms with Gasteiger partial charge in [-0.1, -0.05) is 0 Å². The zero-order valence-electron chi connectivity index (χ0n) is 7.54. The van der Waals surface area contributed by atoms with Crippen LogP contribution >= 0.6 is 0 Å². The minimum atomic E-state index is 0. The Bertz CT molecular complexity index is 407. The van der Waals surface area contributed by atoms with Gasteiger partial charge in [0.1, 0.15) is 12.0 Å². The third-order valence-electron chi connectivity index (χ3n) is 1.50. The number of halogens is 1. The van der Waals surface area contributed by atoms with Crippen LogP contribution in [0, 0.1) is 0 Å². The summed E-state index contributed by atoms with van der Waals surface area (Å²) in [7, 11) is 1.83. The van der Waals surface area contributed by atoms with Crippen LogP contribution in [0.15, 0.2) is 40.6 Å². The number of hydrogen-bond acceptors (Lipinski definition) is 3. The van der Waals surface area contributed by atoms with E-state index in [1.807, 2.05) is 19.2 Å². The first-order chi connectivity index (χ1) is 6.34. The second kappa shape index (κ2) is 4.89. The van der Waals surface area contributed by atoms with E-state index in [1.54, 1.807) is 34.5 Å². The van der Waals surface area contributed by atoms with E-state index in [9.17, 15) is 0 Å². The molecular formula is C8H9IN4O. The van der Waals surface area contributed by atoms with Gasteiger partial charge in [-0.3, -0.25) is 0 Å². The fraction of sp³-hybridized carbons (Fsp3) is 0.125. The van der Waals surface area contributed by atoms with Gasteiger partial charge in [0.15, 0.2) is 0 Å². The Morgan fingerprint density at radius 1 is 1.64 bits per heavy atom. The zero-order chi connectivity index (χ0) is 9.10. The molecular weight excluding hydrogens is 295 g/mol. The molecule has 2 heterocycles. The summed E-state index contributed by atoms with van der Waals surface area (Å²) in [6.45, 7) is 0. The summed E-state index contributed by atoms with van der Waals surface area (Å²) in [6, 6.07) is 3.65. The van der Waals surface area contributed by atoms with Crippen LogP contribution in [-0.4, -0.2) is 16.0 Å². The Balaban J connectivity index is 0.000000980. The highest BCUT2D eigenvalue weighted by Crippen LogP contribution is 1.94. The van der Waals surface area contributed by atoms with E-state index in [1.165, 1.54) is 0 Å². The molecule has 0 aliphatic carbocycles. The second-order valence-corrected chi connectivity index (χ2v) is 2.56. The standard InChI is InChI=1S/C8H9N4O.HI/c1-11-7-12(6-10-11)9-5-8-3-2-4-13-8;/h2-7H,1H3;1H/q+1;/p-1/b9-5+;. The smallest absolute Gasteiger partial charge is 0.288 e. The van der Waals surface area contributed by atoms with Gasteiger partial charge in [0.2, 0.25) is 6.33 Å². The molecule has 2 rings (SSSR count). The van der Waals surface area contributed by atoms with E-state index >= 15 is 0 Å². The molecule has 0 atom stereocenters. The SMILES string of the molecule is Cn1c[n+](/N=C/c2ccco2)cn1.[I-]. The van der Waals surface area contributed by atoms with E-state index in [0.29, 0.717) is 0 Å². The molecule has 0 amide bonds. The van der Waals surface area contributed by atoms with Crippen molar-refractivity contribution < 1.29 is 33.1 Å². The Morgan fingerprint density at radius 2 is 2.50 bits per heavy atom. The quantitative estimate of drug-likeness (QED) is 0.342. The predicted octanol–water partition coefficient (Wildman–Crippen LogP) is -2.81. The molecule has 0 radical (unpaired) electrons. The molecule has 0 saturated carbocycles. The van der Waals surface area contributed by atoms with Crippen LogP contribution in [0.4, 0.5) is 0 Å². The van der Waals surface area contributed by atoms with Crippen LogP contribution in [0.5, 0.6) is 0 Å². The number of rotatable bonds is 2. The molecule has 14 heavy (non-hydrogen) atoms. The Kier molecular flexibility index (Phi) is 3.81. The summed E-state index contributed by atoms with van der Waals surface area (Å²) in [5, 5.41) is 8.04. The monoisotopic (exact) mass is 304 g/mol. The summed E-state index contributed by atoms with van der Waals surface area (Å²) < 4.78 is 8.34. The van der Waals surface area contributed by atoms with Gasteiger partial charge in [0, 0.05) is 5.10 Å². The predicted molar refractivity (Wildman–Crippen MR) is 45.1 cm³/mol. The fourth-order valence-corrected chi connectivity index (χ4v) is 0.913. The lowest BCUT2D eigenvalue weighted by Crippen LogP contribution is -3.00. The zero-order valence-corrected chi connectivity index (χ0v) is 9.70. The van der Waals surface area contributed by atoms with Crippen molar-refractivity contribution in [3.05, 3.63) is 36.8 Å². The Morgan fingerprint density at radius 3 is 3.07 bits per heavy atom. The molecule has 0 aliphatic heterocycles. The van der Waals surface area contributed by atoms with E-state index in [4.69, 9.17) is 4.42 Å². The molecule has 0 spiro atoms. The first kappa shape index (κ1) is 10.9. The minimum Gasteiger partial charge on any atom is -1.00 e. The van der Waals surface area contributed by atoms with Crippen molar-refractivity contribution in [2.45, 2.75) is 0 Å². The number of aryl methyl sites for hydroxylation is 1. The molecule has 2 aromatic heterocycles. The highest BCUT2D eigenvalue weighted by atomic mass is 127. The summed E-state index contributed by atoms with van der Waals surface area (Å²) in [5.74, 6) is 0.719. The van der Waals surface area contributed by atoms with Crippen LogP contribution in [0.3, 0.4) is 0 Å². The van der Waals surface area contributed by atoms with E-state index < -0.39 is 0 Å². The van der Waals surface area contributed by atoms with Crippen molar-refractivity contribution >= 4 is 6.21 Å². The normalized spacial score (nSPS) is 10.4. The Labute approximate surface area is 98.1 Å². The number of furan rings is 1. The highest BCUT2D eigenvalue weighted by molar-refractivity contribution is 5.74. The molecule has 0 bridgehead atoms. The summed E-state index contributed by atoms with van der Waals surface area (Å²) in [6.07, 6.45) is 6.59. The van der Waals surface area contributed by atoms with Gasteiger partial charge in [0.05, 0.1) is 13.3 Å². The first-order valence-corrected chi connectivity index (χ1v) is 3.82. The van der Waals surface area contributed by atoms with E-state index in [2.05, 4.69) is 10.2 Å². The van der Waals surface area contributed by atoms with Crippen molar-refractivity contribution in [2.24, 2.45) is 12.1 Å². The average Bonchev–Trinajstić information content (AvgIpc) is 2.71. The van der Waals surface area contributed by atoms with Crippen LogP contribution < -0.4 is 28.7 Å². The molecule has 74 valence electrons. The minimum absolute atomic E-state index is 0. The second-order valence-electron chi connectivity index (χ2n) is 2.56. The lowest BCUT2D eigenvalue weighted by molar-refractivity contribution is -0.679. The number of hydrogen-bond donors (Lipinski definition) is 0. The largest absolute Gasteiger partial charge is 1.00 e. The maximum atomic E-state index is 5.07. The van der Waals surface area contributed by atoms with Crippen LogP contribution in [-0.2, 0) is 7.05 Å². The van der Waals surface area contributed by atoms with Gasteiger partial charge in [0.25, 0.3) is 6.33 Å². The Hall–Kier alpha value is -1.18. The van der Waals surface area contributed by atoms with Crippen LogP contribution in [0.25, 0.3) is 0 Å². The molecule has 0 aliphatic rings. The number of aromatic nitrogens is 3. The van der Waals surface area contributed by atoms with Gasteiger partial charge in [-0.05, 0) is 12.1 Å². The lowest BCUT2D eigenvalue weighted by Gasteiger charge is -1.81. The molecule has 0 aromatic carbocycles. The third kappa shape index (κ3) is 2.66. The van der Waals surface area contributed by atoms with Crippen LogP contribution in [0.1, 0.15) is 5.76 Å². The van der Waals surface area contributed by atoms with Gasteiger partial charge in [-0.2, -0.15) is 0 Å². The fourth-order valence-electron chi connectivity index (χ4n) is 0.913. The van der Waals surface area contributed by atoms with Crippen molar-refractivity contribution in [3.63, 3.8) is 0 Å². The van der Waals surface area contributed by atoms with Crippen LogP contribution in [0.2, 0.25) is 0 Å². The molecule has 2 aromatic rings. The summed E-state index contributed by atoms with van der Waals surface area (Å²) in [5.41, 5.74) is 0. The maximum absolute atomic E-state index is 5.07. The third-order valence-corrected chi connectivity index (χ3v) is 1.50. The van der Waals surface area contributed by atoms with E-state index in [-0.39, 0.29) is 24.0 Å². The summed E-state index contributed by atoms with van der Waals surface area (Å²) >= 11 is 0. The maximum Gasteiger partial charge on any atom is 0.288 e.